The van der Waals surface area contributed by atoms with Crippen LogP contribution in [0.4, 0.5) is 10.5 Å². The summed E-state index contributed by atoms with van der Waals surface area (Å²) >= 11 is 0. The standard InChI is InChI=1S/C15H17N3O2/c1-10-5-6-11-3-2-4-13(14(11)16-10)18-15(19)17-12-7-8-20-9-12/h2-6,12H,7-9H2,1H3,(H2,17,18,19). The molecule has 1 aliphatic heterocycles. The number of aromatic nitrogens is 1. The van der Waals surface area contributed by atoms with Crippen LogP contribution in [0.3, 0.4) is 0 Å². The van der Waals surface area contributed by atoms with Crippen molar-refractivity contribution in [3.8, 4) is 0 Å². The zero-order valence-corrected chi connectivity index (χ0v) is 11.3. The van der Waals surface area contributed by atoms with Gasteiger partial charge < -0.3 is 15.4 Å². The summed E-state index contributed by atoms with van der Waals surface area (Å²) in [5.74, 6) is 0. The molecule has 1 aromatic carbocycles. The number of aryl methyl sites for hydroxylation is 1. The number of fused-ring (bicyclic) bond motifs is 1. The molecule has 2 aromatic rings. The molecular formula is C15H17N3O2. The van der Waals surface area contributed by atoms with E-state index in [-0.39, 0.29) is 12.1 Å². The average Bonchev–Trinajstić information content (AvgIpc) is 2.92. The number of nitrogens with one attached hydrogen (secondary N) is 2. The molecule has 2 heterocycles. The van der Waals surface area contributed by atoms with Gasteiger partial charge >= 0.3 is 6.03 Å². The fourth-order valence-corrected chi connectivity index (χ4v) is 2.34. The normalized spacial score (nSPS) is 18.1. The van der Waals surface area contributed by atoms with Crippen molar-refractivity contribution in [2.45, 2.75) is 19.4 Å². The Bertz CT molecular complexity index is 636. The smallest absolute Gasteiger partial charge is 0.319 e. The average molecular weight is 271 g/mol. The summed E-state index contributed by atoms with van der Waals surface area (Å²) in [4.78, 5) is 16.5. The Morgan fingerprint density at radius 2 is 2.25 bits per heavy atom. The highest BCUT2D eigenvalue weighted by Gasteiger charge is 2.18. The zero-order chi connectivity index (χ0) is 13.9. The zero-order valence-electron chi connectivity index (χ0n) is 11.3. The highest BCUT2D eigenvalue weighted by molar-refractivity contribution is 5.99. The lowest BCUT2D eigenvalue weighted by molar-refractivity contribution is 0.189. The van der Waals surface area contributed by atoms with Gasteiger partial charge in [0, 0.05) is 17.7 Å². The van der Waals surface area contributed by atoms with Gasteiger partial charge in [0.15, 0.2) is 0 Å². The predicted octanol–water partition coefficient (Wildman–Crippen LogP) is 2.45. The number of carbonyl (C=O) groups excluding carboxylic acids is 1. The van der Waals surface area contributed by atoms with E-state index in [0.29, 0.717) is 13.2 Å². The Morgan fingerprint density at radius 1 is 1.35 bits per heavy atom. The fraction of sp³-hybridized carbons (Fsp3) is 0.333. The molecule has 1 aliphatic rings. The molecular weight excluding hydrogens is 254 g/mol. The second-order valence-corrected chi connectivity index (χ2v) is 4.99. The van der Waals surface area contributed by atoms with Crippen LogP contribution < -0.4 is 10.6 Å². The molecule has 1 atom stereocenters. The molecule has 3 rings (SSSR count). The molecule has 0 radical (unpaired) electrons. The maximum Gasteiger partial charge on any atom is 0.319 e. The molecule has 0 aliphatic carbocycles. The van der Waals surface area contributed by atoms with Gasteiger partial charge in [0.1, 0.15) is 0 Å². The largest absolute Gasteiger partial charge is 0.379 e. The van der Waals surface area contributed by atoms with E-state index in [1.165, 1.54) is 0 Å². The number of urea groups is 1. The summed E-state index contributed by atoms with van der Waals surface area (Å²) < 4.78 is 5.24. The molecule has 5 nitrogen and oxygen atoms in total. The van der Waals surface area contributed by atoms with Crippen LogP contribution in [0.2, 0.25) is 0 Å². The molecule has 0 spiro atoms. The van der Waals surface area contributed by atoms with Crippen LogP contribution in [0.5, 0.6) is 0 Å². The summed E-state index contributed by atoms with van der Waals surface area (Å²) in [6.07, 6.45) is 0.861. The van der Waals surface area contributed by atoms with Crippen LogP contribution in [0, 0.1) is 6.92 Å². The van der Waals surface area contributed by atoms with E-state index in [4.69, 9.17) is 4.74 Å². The van der Waals surface area contributed by atoms with Gasteiger partial charge in [0.05, 0.1) is 23.9 Å². The maximum absolute atomic E-state index is 12.0. The van der Waals surface area contributed by atoms with Crippen LogP contribution in [-0.4, -0.2) is 30.3 Å². The number of para-hydroxylation sites is 1. The SMILES string of the molecule is Cc1ccc2cccc(NC(=O)NC3CCOC3)c2n1. The van der Waals surface area contributed by atoms with E-state index in [1.807, 2.05) is 37.3 Å². The van der Waals surface area contributed by atoms with Crippen LogP contribution in [-0.2, 0) is 4.74 Å². The van der Waals surface area contributed by atoms with Gasteiger partial charge in [0.2, 0.25) is 0 Å². The van der Waals surface area contributed by atoms with Crippen LogP contribution in [0.25, 0.3) is 10.9 Å². The Hall–Kier alpha value is -2.14. The van der Waals surface area contributed by atoms with E-state index in [0.717, 1.165) is 28.7 Å². The van der Waals surface area contributed by atoms with E-state index >= 15 is 0 Å². The summed E-state index contributed by atoms with van der Waals surface area (Å²) in [7, 11) is 0. The molecule has 104 valence electrons. The molecule has 1 fully saturated rings. The molecule has 2 amide bonds. The number of rotatable bonds is 2. The molecule has 5 heteroatoms. The number of benzene rings is 1. The third-order valence-corrected chi connectivity index (χ3v) is 3.37. The third kappa shape index (κ3) is 2.72. The number of pyridine rings is 1. The van der Waals surface area contributed by atoms with Gasteiger partial charge in [-0.3, -0.25) is 4.98 Å². The number of anilines is 1. The predicted molar refractivity (Wildman–Crippen MR) is 77.9 cm³/mol. The molecule has 1 saturated heterocycles. The van der Waals surface area contributed by atoms with Crippen molar-refractivity contribution in [2.24, 2.45) is 0 Å². The first-order valence-electron chi connectivity index (χ1n) is 6.74. The Labute approximate surface area is 117 Å². The highest BCUT2D eigenvalue weighted by atomic mass is 16.5. The van der Waals surface area contributed by atoms with E-state index in [2.05, 4.69) is 15.6 Å². The molecule has 1 unspecified atom stereocenters. The highest BCUT2D eigenvalue weighted by Crippen LogP contribution is 2.21. The third-order valence-electron chi connectivity index (χ3n) is 3.37. The minimum atomic E-state index is -0.212. The van der Waals surface area contributed by atoms with Gasteiger partial charge in [-0.05, 0) is 25.5 Å². The Balaban J connectivity index is 1.79. The van der Waals surface area contributed by atoms with Crippen molar-refractivity contribution in [2.75, 3.05) is 18.5 Å². The first-order valence-corrected chi connectivity index (χ1v) is 6.74. The number of hydrogen-bond acceptors (Lipinski definition) is 3. The second kappa shape index (κ2) is 5.46. The van der Waals surface area contributed by atoms with Crippen molar-refractivity contribution in [1.82, 2.24) is 10.3 Å². The number of hydrogen-bond donors (Lipinski definition) is 2. The van der Waals surface area contributed by atoms with Crippen molar-refractivity contribution in [3.63, 3.8) is 0 Å². The second-order valence-electron chi connectivity index (χ2n) is 4.99. The monoisotopic (exact) mass is 271 g/mol. The van der Waals surface area contributed by atoms with Gasteiger partial charge in [0.25, 0.3) is 0 Å². The van der Waals surface area contributed by atoms with Crippen LogP contribution in [0.1, 0.15) is 12.1 Å². The van der Waals surface area contributed by atoms with Crippen molar-refractivity contribution < 1.29 is 9.53 Å². The van der Waals surface area contributed by atoms with E-state index in [9.17, 15) is 4.79 Å². The van der Waals surface area contributed by atoms with Gasteiger partial charge in [-0.15, -0.1) is 0 Å². The lowest BCUT2D eigenvalue weighted by Gasteiger charge is -2.13. The van der Waals surface area contributed by atoms with Crippen molar-refractivity contribution >= 4 is 22.6 Å². The van der Waals surface area contributed by atoms with Crippen molar-refractivity contribution in [1.29, 1.82) is 0 Å². The maximum atomic E-state index is 12.0. The quantitative estimate of drug-likeness (QED) is 0.882. The first-order chi connectivity index (χ1) is 9.72. The topological polar surface area (TPSA) is 63.2 Å². The van der Waals surface area contributed by atoms with Gasteiger partial charge in [-0.25, -0.2) is 4.79 Å². The number of ether oxygens (including phenoxy) is 1. The van der Waals surface area contributed by atoms with E-state index < -0.39 is 0 Å². The minimum absolute atomic E-state index is 0.0969. The Kier molecular flexibility index (Phi) is 3.52. The lowest BCUT2D eigenvalue weighted by atomic mass is 10.2. The first kappa shape index (κ1) is 12.9. The molecule has 20 heavy (non-hydrogen) atoms. The fourth-order valence-electron chi connectivity index (χ4n) is 2.34. The molecule has 0 saturated carbocycles. The minimum Gasteiger partial charge on any atom is -0.379 e. The van der Waals surface area contributed by atoms with Crippen LogP contribution in [0.15, 0.2) is 30.3 Å². The molecule has 2 N–H and O–H groups in total. The summed E-state index contributed by atoms with van der Waals surface area (Å²) in [6.45, 7) is 3.23. The van der Waals surface area contributed by atoms with Crippen LogP contribution >= 0.6 is 0 Å². The number of amides is 2. The summed E-state index contributed by atoms with van der Waals surface area (Å²) in [5, 5.41) is 6.79. The summed E-state index contributed by atoms with van der Waals surface area (Å²) in [5.41, 5.74) is 2.46. The van der Waals surface area contributed by atoms with Gasteiger partial charge in [-0.2, -0.15) is 0 Å². The van der Waals surface area contributed by atoms with Crippen molar-refractivity contribution in [3.05, 3.63) is 36.0 Å². The Morgan fingerprint density at radius 3 is 3.05 bits per heavy atom. The molecule has 1 aromatic heterocycles. The lowest BCUT2D eigenvalue weighted by Crippen LogP contribution is -2.38. The molecule has 0 bridgehead atoms. The summed E-state index contributed by atoms with van der Waals surface area (Å²) in [6, 6.07) is 9.60. The number of carbonyl (C=O) groups is 1. The van der Waals surface area contributed by atoms with Gasteiger partial charge in [-0.1, -0.05) is 18.2 Å². The number of nitrogens with zero attached hydrogens (tertiary/aromatic N) is 1. The van der Waals surface area contributed by atoms with E-state index in [1.54, 1.807) is 0 Å².